The first kappa shape index (κ1) is 15.2. The summed E-state index contributed by atoms with van der Waals surface area (Å²) in [5, 5.41) is 6.67. The number of nitrogens with one attached hydrogen (secondary N) is 2. The molecule has 1 amide bonds. The summed E-state index contributed by atoms with van der Waals surface area (Å²) in [6.07, 6.45) is 4.51. The molecule has 0 aliphatic carbocycles. The molecule has 120 valence electrons. The van der Waals surface area contributed by atoms with Crippen molar-refractivity contribution in [1.82, 2.24) is 10.6 Å². The maximum absolute atomic E-state index is 12.1. The monoisotopic (exact) mass is 304 g/mol. The Balaban J connectivity index is 1.48. The van der Waals surface area contributed by atoms with Gasteiger partial charge in [0.05, 0.1) is 6.61 Å². The van der Waals surface area contributed by atoms with Crippen molar-refractivity contribution in [3.63, 3.8) is 0 Å². The highest BCUT2D eigenvalue weighted by Gasteiger charge is 2.33. The molecule has 3 rings (SSSR count). The van der Waals surface area contributed by atoms with E-state index in [4.69, 9.17) is 9.47 Å². The third-order valence-electron chi connectivity index (χ3n) is 4.35. The summed E-state index contributed by atoms with van der Waals surface area (Å²) in [6, 6.07) is 8.86. The molecule has 2 heterocycles. The highest BCUT2D eigenvalue weighted by atomic mass is 16.5. The van der Waals surface area contributed by atoms with Gasteiger partial charge in [0, 0.05) is 18.1 Å². The number of hydrogen-bond acceptors (Lipinski definition) is 4. The smallest absolute Gasteiger partial charge is 0.258 e. The molecule has 1 aromatic rings. The minimum atomic E-state index is -0.0578. The minimum absolute atomic E-state index is 0.0311. The summed E-state index contributed by atoms with van der Waals surface area (Å²) in [6.45, 7) is 2.53. The predicted molar refractivity (Wildman–Crippen MR) is 84.2 cm³/mol. The standard InChI is InChI=1S/C17H24N2O3/c1-2-21-15-5-3-4-6-16(15)22-11-17(20)19-14-9-12-7-8-13(10-14)18-12/h3-6,12-14,18H,2,7-11H2,1H3,(H,19,20). The van der Waals surface area contributed by atoms with Gasteiger partial charge in [0.25, 0.3) is 5.91 Å². The molecule has 2 atom stereocenters. The number of para-hydroxylation sites is 2. The summed E-state index contributed by atoms with van der Waals surface area (Å²) in [5.74, 6) is 1.24. The Morgan fingerprint density at radius 2 is 1.82 bits per heavy atom. The van der Waals surface area contributed by atoms with Crippen LogP contribution in [0.1, 0.15) is 32.6 Å². The lowest BCUT2D eigenvalue weighted by Gasteiger charge is -2.29. The molecular weight excluding hydrogens is 280 g/mol. The molecule has 2 unspecified atom stereocenters. The predicted octanol–water partition coefficient (Wildman–Crippen LogP) is 1.86. The molecule has 2 aliphatic rings. The second-order valence-corrected chi connectivity index (χ2v) is 6.04. The Kier molecular flexibility index (Phi) is 4.83. The molecule has 2 aliphatic heterocycles. The Labute approximate surface area is 131 Å². The van der Waals surface area contributed by atoms with Crippen LogP contribution in [-0.4, -0.2) is 37.2 Å². The number of carbonyl (C=O) groups is 1. The topological polar surface area (TPSA) is 59.6 Å². The SMILES string of the molecule is CCOc1ccccc1OCC(=O)NC1CC2CCC(C1)N2. The van der Waals surface area contributed by atoms with Crippen molar-refractivity contribution >= 4 is 5.91 Å². The van der Waals surface area contributed by atoms with Gasteiger partial charge in [-0.2, -0.15) is 0 Å². The quantitative estimate of drug-likeness (QED) is 0.842. The Morgan fingerprint density at radius 1 is 1.18 bits per heavy atom. The first-order valence-electron chi connectivity index (χ1n) is 8.14. The minimum Gasteiger partial charge on any atom is -0.490 e. The first-order chi connectivity index (χ1) is 10.7. The van der Waals surface area contributed by atoms with Crippen molar-refractivity contribution < 1.29 is 14.3 Å². The molecule has 5 nitrogen and oxygen atoms in total. The van der Waals surface area contributed by atoms with E-state index in [0.29, 0.717) is 30.2 Å². The zero-order chi connectivity index (χ0) is 15.4. The van der Waals surface area contributed by atoms with E-state index in [0.717, 1.165) is 12.8 Å². The van der Waals surface area contributed by atoms with Crippen LogP contribution in [0, 0.1) is 0 Å². The largest absolute Gasteiger partial charge is 0.490 e. The van der Waals surface area contributed by atoms with E-state index in [9.17, 15) is 4.79 Å². The van der Waals surface area contributed by atoms with Crippen LogP contribution in [0.15, 0.2) is 24.3 Å². The van der Waals surface area contributed by atoms with Crippen molar-refractivity contribution in [2.45, 2.75) is 50.7 Å². The number of carbonyl (C=O) groups excluding carboxylic acids is 1. The zero-order valence-corrected chi connectivity index (χ0v) is 13.0. The van der Waals surface area contributed by atoms with E-state index in [-0.39, 0.29) is 18.6 Å². The number of ether oxygens (including phenoxy) is 2. The van der Waals surface area contributed by atoms with Crippen LogP contribution in [0.5, 0.6) is 11.5 Å². The lowest BCUT2D eigenvalue weighted by molar-refractivity contribution is -0.124. The van der Waals surface area contributed by atoms with Gasteiger partial charge in [-0.1, -0.05) is 12.1 Å². The lowest BCUT2D eigenvalue weighted by atomic mass is 10.00. The molecule has 2 fully saturated rings. The van der Waals surface area contributed by atoms with Gasteiger partial charge in [0.2, 0.25) is 0 Å². The summed E-state index contributed by atoms with van der Waals surface area (Å²) >= 11 is 0. The summed E-state index contributed by atoms with van der Waals surface area (Å²) in [5.41, 5.74) is 0. The van der Waals surface area contributed by atoms with Gasteiger partial charge in [-0.05, 0) is 44.7 Å². The van der Waals surface area contributed by atoms with Crippen molar-refractivity contribution in [1.29, 1.82) is 0 Å². The van der Waals surface area contributed by atoms with Crippen molar-refractivity contribution in [2.24, 2.45) is 0 Å². The average molecular weight is 304 g/mol. The Bertz CT molecular complexity index is 508. The maximum Gasteiger partial charge on any atom is 0.258 e. The molecular formula is C17H24N2O3. The van der Waals surface area contributed by atoms with Crippen LogP contribution < -0.4 is 20.1 Å². The van der Waals surface area contributed by atoms with Gasteiger partial charge in [0.1, 0.15) is 0 Å². The molecule has 2 N–H and O–H groups in total. The van der Waals surface area contributed by atoms with Gasteiger partial charge in [-0.25, -0.2) is 0 Å². The molecule has 1 aromatic carbocycles. The third kappa shape index (κ3) is 3.71. The van der Waals surface area contributed by atoms with Crippen LogP contribution in [0.2, 0.25) is 0 Å². The molecule has 2 saturated heterocycles. The Hall–Kier alpha value is -1.75. The van der Waals surface area contributed by atoms with Crippen molar-refractivity contribution in [3.05, 3.63) is 24.3 Å². The normalized spacial score (nSPS) is 26.5. The third-order valence-corrected chi connectivity index (χ3v) is 4.35. The van der Waals surface area contributed by atoms with Crippen LogP contribution in [0.25, 0.3) is 0 Å². The van der Waals surface area contributed by atoms with Crippen molar-refractivity contribution in [3.8, 4) is 11.5 Å². The van der Waals surface area contributed by atoms with E-state index in [1.807, 2.05) is 31.2 Å². The van der Waals surface area contributed by atoms with Crippen LogP contribution in [-0.2, 0) is 4.79 Å². The summed E-state index contributed by atoms with van der Waals surface area (Å²) in [7, 11) is 0. The first-order valence-corrected chi connectivity index (χ1v) is 8.14. The number of rotatable bonds is 6. The molecule has 2 bridgehead atoms. The second kappa shape index (κ2) is 7.01. The molecule has 0 saturated carbocycles. The van der Waals surface area contributed by atoms with Crippen LogP contribution in [0.4, 0.5) is 0 Å². The van der Waals surface area contributed by atoms with Gasteiger partial charge >= 0.3 is 0 Å². The van der Waals surface area contributed by atoms with Gasteiger partial charge in [-0.3, -0.25) is 4.79 Å². The van der Waals surface area contributed by atoms with E-state index in [2.05, 4.69) is 10.6 Å². The summed E-state index contributed by atoms with van der Waals surface area (Å²) < 4.78 is 11.1. The van der Waals surface area contributed by atoms with E-state index in [1.54, 1.807) is 0 Å². The van der Waals surface area contributed by atoms with Crippen LogP contribution in [0.3, 0.4) is 0 Å². The fourth-order valence-corrected chi connectivity index (χ4v) is 3.43. The average Bonchev–Trinajstić information content (AvgIpc) is 2.85. The molecule has 5 heteroatoms. The van der Waals surface area contributed by atoms with Crippen molar-refractivity contribution in [2.75, 3.05) is 13.2 Å². The lowest BCUT2D eigenvalue weighted by Crippen LogP contribution is -2.48. The van der Waals surface area contributed by atoms with E-state index >= 15 is 0 Å². The van der Waals surface area contributed by atoms with E-state index < -0.39 is 0 Å². The zero-order valence-electron chi connectivity index (χ0n) is 13.0. The Morgan fingerprint density at radius 3 is 2.45 bits per heavy atom. The van der Waals surface area contributed by atoms with E-state index in [1.165, 1.54) is 12.8 Å². The number of benzene rings is 1. The second-order valence-electron chi connectivity index (χ2n) is 6.04. The highest BCUT2D eigenvalue weighted by Crippen LogP contribution is 2.27. The fraction of sp³-hybridized carbons (Fsp3) is 0.588. The van der Waals surface area contributed by atoms with Gasteiger partial charge in [0.15, 0.2) is 18.1 Å². The molecule has 22 heavy (non-hydrogen) atoms. The number of piperidine rings is 1. The number of fused-ring (bicyclic) bond motifs is 2. The number of hydrogen-bond donors (Lipinski definition) is 2. The molecule has 0 radical (unpaired) electrons. The highest BCUT2D eigenvalue weighted by molar-refractivity contribution is 5.78. The molecule has 0 spiro atoms. The number of amides is 1. The van der Waals surface area contributed by atoms with Gasteiger partial charge < -0.3 is 20.1 Å². The fourth-order valence-electron chi connectivity index (χ4n) is 3.43. The van der Waals surface area contributed by atoms with Gasteiger partial charge in [-0.15, -0.1) is 0 Å². The summed E-state index contributed by atoms with van der Waals surface area (Å²) in [4.78, 5) is 12.1. The van der Waals surface area contributed by atoms with Crippen LogP contribution >= 0.6 is 0 Å². The molecule has 0 aromatic heterocycles. The maximum atomic E-state index is 12.1.